The smallest absolute Gasteiger partial charge is 0.315 e. The Morgan fingerprint density at radius 1 is 1.18 bits per heavy atom. The second-order valence-corrected chi connectivity index (χ2v) is 5.77. The van der Waals surface area contributed by atoms with Gasteiger partial charge in [-0.1, -0.05) is 34.5 Å². The summed E-state index contributed by atoms with van der Waals surface area (Å²) >= 11 is 0. The van der Waals surface area contributed by atoms with E-state index in [1.54, 1.807) is 0 Å². The second kappa shape index (κ2) is 6.64. The molecule has 22 heavy (non-hydrogen) atoms. The summed E-state index contributed by atoms with van der Waals surface area (Å²) < 4.78 is 5.08. The van der Waals surface area contributed by atoms with Gasteiger partial charge in [0.05, 0.1) is 11.7 Å². The predicted molar refractivity (Wildman–Crippen MR) is 85.7 cm³/mol. The van der Waals surface area contributed by atoms with Crippen molar-refractivity contribution < 1.29 is 9.32 Å². The van der Waals surface area contributed by atoms with Gasteiger partial charge < -0.3 is 15.2 Å². The fraction of sp³-hybridized carbons (Fsp3) is 0.412. The first-order valence-electron chi connectivity index (χ1n) is 7.41. The van der Waals surface area contributed by atoms with Crippen molar-refractivity contribution in [2.24, 2.45) is 0 Å². The molecule has 2 rings (SSSR count). The number of aryl methyl sites for hydroxylation is 4. The van der Waals surface area contributed by atoms with Crippen molar-refractivity contribution in [2.45, 2.75) is 47.2 Å². The first-order chi connectivity index (χ1) is 10.4. The Morgan fingerprint density at radius 3 is 2.36 bits per heavy atom. The van der Waals surface area contributed by atoms with E-state index in [4.69, 9.17) is 4.52 Å². The molecule has 0 unspecified atom stereocenters. The quantitative estimate of drug-likeness (QED) is 0.908. The van der Waals surface area contributed by atoms with Crippen LogP contribution < -0.4 is 10.6 Å². The van der Waals surface area contributed by atoms with Gasteiger partial charge in [-0.25, -0.2) is 4.79 Å². The Labute approximate surface area is 131 Å². The van der Waals surface area contributed by atoms with Gasteiger partial charge in [0.2, 0.25) is 0 Å². The first-order valence-corrected chi connectivity index (χ1v) is 7.41. The van der Waals surface area contributed by atoms with Crippen molar-refractivity contribution in [2.75, 3.05) is 0 Å². The van der Waals surface area contributed by atoms with E-state index in [2.05, 4.69) is 47.8 Å². The summed E-state index contributed by atoms with van der Waals surface area (Å²) in [6.07, 6.45) is 0. The van der Waals surface area contributed by atoms with Crippen LogP contribution in [0.25, 0.3) is 0 Å². The van der Waals surface area contributed by atoms with Crippen LogP contribution in [0.3, 0.4) is 0 Å². The van der Waals surface area contributed by atoms with Crippen molar-refractivity contribution in [3.8, 4) is 0 Å². The van der Waals surface area contributed by atoms with Gasteiger partial charge in [0.1, 0.15) is 5.76 Å². The average Bonchev–Trinajstić information content (AvgIpc) is 2.74. The fourth-order valence-electron chi connectivity index (χ4n) is 2.51. The van der Waals surface area contributed by atoms with Gasteiger partial charge in [-0.2, -0.15) is 0 Å². The Hall–Kier alpha value is -2.30. The topological polar surface area (TPSA) is 67.2 Å². The number of carbonyl (C=O) groups excluding carboxylic acids is 1. The standard InChI is InChI=1S/C17H23N3O2/c1-10-6-11(2)8-15(7-10)12(3)19-17(21)18-9-16-13(4)20-22-14(16)5/h6-8,12H,9H2,1-5H3,(H2,18,19,21)/t12-/m1/s1. The number of amides is 2. The maximum Gasteiger partial charge on any atom is 0.315 e. The van der Waals surface area contributed by atoms with E-state index < -0.39 is 0 Å². The number of hydrogen-bond donors (Lipinski definition) is 2. The van der Waals surface area contributed by atoms with Crippen molar-refractivity contribution in [1.82, 2.24) is 15.8 Å². The Morgan fingerprint density at radius 2 is 1.82 bits per heavy atom. The van der Waals surface area contributed by atoms with E-state index in [1.807, 2.05) is 20.8 Å². The molecule has 2 amide bonds. The Kier molecular flexibility index (Phi) is 4.85. The molecule has 0 aliphatic rings. The molecule has 0 bridgehead atoms. The van der Waals surface area contributed by atoms with Crippen LogP contribution in [-0.4, -0.2) is 11.2 Å². The second-order valence-electron chi connectivity index (χ2n) is 5.77. The SMILES string of the molecule is Cc1cc(C)cc([C@@H](C)NC(=O)NCc2c(C)noc2C)c1. The fourth-order valence-corrected chi connectivity index (χ4v) is 2.51. The maximum absolute atomic E-state index is 12.0. The third kappa shape index (κ3) is 3.87. The Bertz CT molecular complexity index is 637. The highest BCUT2D eigenvalue weighted by molar-refractivity contribution is 5.74. The van der Waals surface area contributed by atoms with Crippen molar-refractivity contribution >= 4 is 6.03 Å². The van der Waals surface area contributed by atoms with E-state index >= 15 is 0 Å². The number of rotatable bonds is 4. The summed E-state index contributed by atoms with van der Waals surface area (Å²) in [7, 11) is 0. The third-order valence-electron chi connectivity index (χ3n) is 3.70. The van der Waals surface area contributed by atoms with Crippen molar-refractivity contribution in [3.63, 3.8) is 0 Å². The Balaban J connectivity index is 1.94. The lowest BCUT2D eigenvalue weighted by Crippen LogP contribution is -2.36. The number of hydrogen-bond acceptors (Lipinski definition) is 3. The van der Waals surface area contributed by atoms with Crippen LogP contribution in [0.5, 0.6) is 0 Å². The van der Waals surface area contributed by atoms with E-state index in [9.17, 15) is 4.79 Å². The van der Waals surface area contributed by atoms with Crippen molar-refractivity contribution in [3.05, 3.63) is 51.9 Å². The highest BCUT2D eigenvalue weighted by atomic mass is 16.5. The lowest BCUT2D eigenvalue weighted by Gasteiger charge is -2.16. The summed E-state index contributed by atoms with van der Waals surface area (Å²) in [6.45, 7) is 10.2. The van der Waals surface area contributed by atoms with Crippen LogP contribution in [0.2, 0.25) is 0 Å². The molecule has 0 aliphatic heterocycles. The number of aromatic nitrogens is 1. The van der Waals surface area contributed by atoms with Gasteiger partial charge in [-0.15, -0.1) is 0 Å². The molecule has 118 valence electrons. The summed E-state index contributed by atoms with van der Waals surface area (Å²) in [5.41, 5.74) is 5.22. The molecule has 5 heteroatoms. The largest absolute Gasteiger partial charge is 0.361 e. The minimum atomic E-state index is -0.202. The molecule has 2 aromatic rings. The van der Waals surface area contributed by atoms with E-state index in [1.165, 1.54) is 11.1 Å². The van der Waals surface area contributed by atoms with Gasteiger partial charge >= 0.3 is 6.03 Å². The number of urea groups is 1. The van der Waals surface area contributed by atoms with Gasteiger partial charge in [0, 0.05) is 12.1 Å². The summed E-state index contributed by atoms with van der Waals surface area (Å²) in [4.78, 5) is 12.0. The lowest BCUT2D eigenvalue weighted by molar-refractivity contribution is 0.237. The average molecular weight is 301 g/mol. The molecule has 0 radical (unpaired) electrons. The third-order valence-corrected chi connectivity index (χ3v) is 3.70. The van der Waals surface area contributed by atoms with Gasteiger partial charge in [0.15, 0.2) is 0 Å². The molecule has 0 fully saturated rings. The van der Waals surface area contributed by atoms with Crippen LogP contribution in [0.4, 0.5) is 4.79 Å². The molecule has 0 spiro atoms. The van der Waals surface area contributed by atoms with E-state index in [-0.39, 0.29) is 12.1 Å². The number of nitrogens with zero attached hydrogens (tertiary/aromatic N) is 1. The van der Waals surface area contributed by atoms with Crippen LogP contribution in [0, 0.1) is 27.7 Å². The molecule has 0 aliphatic carbocycles. The zero-order chi connectivity index (χ0) is 16.3. The molecular weight excluding hydrogens is 278 g/mol. The van der Waals surface area contributed by atoms with Crippen LogP contribution in [-0.2, 0) is 6.54 Å². The number of benzene rings is 1. The van der Waals surface area contributed by atoms with Crippen LogP contribution in [0.1, 0.15) is 46.7 Å². The monoisotopic (exact) mass is 301 g/mol. The van der Waals surface area contributed by atoms with Crippen LogP contribution >= 0.6 is 0 Å². The molecule has 0 saturated carbocycles. The molecule has 2 N–H and O–H groups in total. The summed E-state index contributed by atoms with van der Waals surface area (Å²) in [6, 6.07) is 6.04. The minimum absolute atomic E-state index is 0.0525. The van der Waals surface area contributed by atoms with Gasteiger partial charge in [0.25, 0.3) is 0 Å². The highest BCUT2D eigenvalue weighted by Crippen LogP contribution is 2.16. The minimum Gasteiger partial charge on any atom is -0.361 e. The zero-order valence-electron chi connectivity index (χ0n) is 13.8. The zero-order valence-corrected chi connectivity index (χ0v) is 13.8. The molecule has 1 heterocycles. The molecule has 1 atom stereocenters. The maximum atomic E-state index is 12.0. The first kappa shape index (κ1) is 16.1. The van der Waals surface area contributed by atoms with E-state index in [0.717, 1.165) is 22.6 Å². The van der Waals surface area contributed by atoms with Gasteiger partial charge in [-0.05, 0) is 40.2 Å². The molecule has 1 aromatic heterocycles. The molecule has 5 nitrogen and oxygen atoms in total. The number of nitrogens with one attached hydrogen (secondary N) is 2. The lowest BCUT2D eigenvalue weighted by atomic mass is 10.0. The van der Waals surface area contributed by atoms with E-state index in [0.29, 0.717) is 6.54 Å². The van der Waals surface area contributed by atoms with Crippen molar-refractivity contribution in [1.29, 1.82) is 0 Å². The summed E-state index contributed by atoms with van der Waals surface area (Å²) in [5.74, 6) is 0.736. The highest BCUT2D eigenvalue weighted by Gasteiger charge is 2.13. The molecular formula is C17H23N3O2. The molecule has 0 saturated heterocycles. The summed E-state index contributed by atoms with van der Waals surface area (Å²) in [5, 5.41) is 9.67. The van der Waals surface area contributed by atoms with Gasteiger partial charge in [-0.3, -0.25) is 0 Å². The predicted octanol–water partition coefficient (Wildman–Crippen LogP) is 3.47. The number of carbonyl (C=O) groups is 1. The van der Waals surface area contributed by atoms with Crippen LogP contribution in [0.15, 0.2) is 22.7 Å². The normalized spacial score (nSPS) is 12.0. The molecule has 1 aromatic carbocycles.